The number of carbonyl (C=O) groups is 2. The van der Waals surface area contributed by atoms with Gasteiger partial charge in [0.1, 0.15) is 5.75 Å². The van der Waals surface area contributed by atoms with Crippen molar-refractivity contribution >= 4 is 27.6 Å². The van der Waals surface area contributed by atoms with Gasteiger partial charge in [0.15, 0.2) is 0 Å². The molecule has 3 rings (SSSR count). The molecule has 1 heterocycles. The minimum atomic E-state index is -4.02. The number of nitrogens with one attached hydrogen (secondary N) is 1. The lowest BCUT2D eigenvalue weighted by Crippen LogP contribution is -2.32. The lowest BCUT2D eigenvalue weighted by atomic mass is 10.1. The van der Waals surface area contributed by atoms with E-state index in [2.05, 4.69) is 4.72 Å². The van der Waals surface area contributed by atoms with Crippen molar-refractivity contribution in [2.24, 2.45) is 0 Å². The maximum Gasteiger partial charge on any atom is 0.338 e. The second kappa shape index (κ2) is 10.5. The van der Waals surface area contributed by atoms with E-state index in [-0.39, 0.29) is 34.2 Å². The smallest absolute Gasteiger partial charge is 0.338 e. The monoisotopic (exact) mass is 460 g/mol. The Hall–Kier alpha value is -3.07. The van der Waals surface area contributed by atoms with Gasteiger partial charge in [0.2, 0.25) is 0 Å². The Morgan fingerprint density at radius 2 is 1.75 bits per heavy atom. The molecule has 0 saturated carbocycles. The first-order chi connectivity index (χ1) is 15.4. The molecule has 1 aliphatic heterocycles. The Bertz CT molecular complexity index is 1080. The Kier molecular flexibility index (Phi) is 7.74. The van der Waals surface area contributed by atoms with Gasteiger partial charge in [0.05, 0.1) is 29.7 Å². The van der Waals surface area contributed by atoms with Crippen LogP contribution in [0.4, 0.5) is 5.69 Å². The van der Waals surface area contributed by atoms with Crippen LogP contribution in [0.5, 0.6) is 5.75 Å². The van der Waals surface area contributed by atoms with Gasteiger partial charge < -0.3 is 14.4 Å². The topological polar surface area (TPSA) is 102 Å². The number of carbonyl (C=O) groups excluding carboxylic acids is 2. The molecule has 9 heteroatoms. The molecule has 0 aliphatic carbocycles. The Morgan fingerprint density at radius 1 is 1.03 bits per heavy atom. The van der Waals surface area contributed by atoms with E-state index < -0.39 is 16.0 Å². The Morgan fingerprint density at radius 3 is 2.41 bits per heavy atom. The number of esters is 1. The first kappa shape index (κ1) is 23.6. The number of hydrogen-bond donors (Lipinski definition) is 1. The molecule has 0 unspecified atom stereocenters. The molecule has 0 spiro atoms. The lowest BCUT2D eigenvalue weighted by Gasteiger charge is -2.22. The van der Waals surface area contributed by atoms with Crippen molar-refractivity contribution in [2.75, 3.05) is 31.5 Å². The van der Waals surface area contributed by atoms with E-state index >= 15 is 0 Å². The molecule has 1 N–H and O–H groups in total. The zero-order valence-electron chi connectivity index (χ0n) is 18.3. The fourth-order valence-corrected chi connectivity index (χ4v) is 4.68. The van der Waals surface area contributed by atoms with Gasteiger partial charge in [-0.2, -0.15) is 0 Å². The third-order valence-electron chi connectivity index (χ3n) is 5.23. The molecule has 2 aromatic carbocycles. The van der Waals surface area contributed by atoms with Crippen molar-refractivity contribution in [3.63, 3.8) is 0 Å². The van der Waals surface area contributed by atoms with E-state index in [0.29, 0.717) is 18.8 Å². The normalized spacial score (nSPS) is 14.4. The number of benzene rings is 2. The van der Waals surface area contributed by atoms with Gasteiger partial charge in [-0.1, -0.05) is 18.9 Å². The predicted molar refractivity (Wildman–Crippen MR) is 121 cm³/mol. The third kappa shape index (κ3) is 5.59. The molecule has 1 saturated heterocycles. The number of nitrogens with zero attached hydrogens (tertiary/aromatic N) is 1. The highest BCUT2D eigenvalue weighted by Gasteiger charge is 2.24. The predicted octanol–water partition coefficient (Wildman–Crippen LogP) is 3.69. The average molecular weight is 461 g/mol. The Balaban J connectivity index is 1.88. The summed E-state index contributed by atoms with van der Waals surface area (Å²) in [4.78, 5) is 26.7. The van der Waals surface area contributed by atoms with E-state index in [1.807, 2.05) is 0 Å². The molecule has 8 nitrogen and oxygen atoms in total. The molecule has 1 aliphatic rings. The lowest BCUT2D eigenvalue weighted by molar-refractivity contribution is 0.0526. The van der Waals surface area contributed by atoms with Crippen LogP contribution in [0.15, 0.2) is 47.4 Å². The maximum atomic E-state index is 13.1. The number of hydrogen-bond acceptors (Lipinski definition) is 6. The van der Waals surface area contributed by atoms with Crippen LogP contribution in [0.1, 0.15) is 53.3 Å². The molecule has 172 valence electrons. The van der Waals surface area contributed by atoms with Crippen LogP contribution in [0.2, 0.25) is 0 Å². The molecule has 32 heavy (non-hydrogen) atoms. The number of ether oxygens (including phenoxy) is 2. The van der Waals surface area contributed by atoms with Crippen molar-refractivity contribution in [1.82, 2.24) is 4.90 Å². The summed E-state index contributed by atoms with van der Waals surface area (Å²) in [5.74, 6) is -0.462. The second-order valence-electron chi connectivity index (χ2n) is 7.48. The molecule has 0 atom stereocenters. The summed E-state index contributed by atoms with van der Waals surface area (Å²) >= 11 is 0. The molecule has 1 amide bonds. The quantitative estimate of drug-likeness (QED) is 0.633. The zero-order valence-corrected chi connectivity index (χ0v) is 19.1. The van der Waals surface area contributed by atoms with E-state index in [9.17, 15) is 18.0 Å². The van der Waals surface area contributed by atoms with E-state index in [1.165, 1.54) is 37.4 Å². The van der Waals surface area contributed by atoms with Crippen molar-refractivity contribution in [3.05, 3.63) is 53.6 Å². The minimum absolute atomic E-state index is 0.0713. The van der Waals surface area contributed by atoms with Crippen LogP contribution in [0.3, 0.4) is 0 Å². The Labute approximate surface area is 188 Å². The van der Waals surface area contributed by atoms with E-state index in [4.69, 9.17) is 9.47 Å². The van der Waals surface area contributed by atoms with Crippen molar-refractivity contribution in [3.8, 4) is 5.75 Å². The maximum absolute atomic E-state index is 13.1. The van der Waals surface area contributed by atoms with Crippen LogP contribution < -0.4 is 9.46 Å². The van der Waals surface area contributed by atoms with Crippen molar-refractivity contribution < 1.29 is 27.5 Å². The summed E-state index contributed by atoms with van der Waals surface area (Å²) in [7, 11) is -2.57. The van der Waals surface area contributed by atoms with Crippen LogP contribution in [0, 0.1) is 0 Å². The number of sulfonamides is 1. The molecular weight excluding hydrogens is 432 g/mol. The number of anilines is 1. The fourth-order valence-electron chi connectivity index (χ4n) is 3.60. The van der Waals surface area contributed by atoms with Crippen LogP contribution >= 0.6 is 0 Å². The summed E-state index contributed by atoms with van der Waals surface area (Å²) in [6, 6.07) is 10.2. The summed E-state index contributed by atoms with van der Waals surface area (Å²) in [6.07, 6.45) is 3.99. The molecule has 2 aromatic rings. The van der Waals surface area contributed by atoms with Gasteiger partial charge in [-0.15, -0.1) is 0 Å². The van der Waals surface area contributed by atoms with E-state index in [1.54, 1.807) is 24.0 Å². The van der Waals surface area contributed by atoms with Crippen molar-refractivity contribution in [2.45, 2.75) is 37.5 Å². The highest BCUT2D eigenvalue weighted by Crippen LogP contribution is 2.26. The molecule has 0 radical (unpaired) electrons. The molecule has 0 bridgehead atoms. The fraction of sp³-hybridized carbons (Fsp3) is 0.391. The van der Waals surface area contributed by atoms with Gasteiger partial charge >= 0.3 is 5.97 Å². The van der Waals surface area contributed by atoms with E-state index in [0.717, 1.165) is 25.7 Å². The zero-order chi connectivity index (χ0) is 23.1. The number of amides is 1. The molecule has 1 fully saturated rings. The number of rotatable bonds is 7. The van der Waals surface area contributed by atoms with Gasteiger partial charge in [-0.3, -0.25) is 9.52 Å². The highest BCUT2D eigenvalue weighted by atomic mass is 32.2. The third-order valence-corrected chi connectivity index (χ3v) is 6.61. The van der Waals surface area contributed by atoms with Gasteiger partial charge in [0, 0.05) is 18.8 Å². The number of likely N-dealkylation sites (tertiary alicyclic amines) is 1. The number of methoxy groups -OCH3 is 1. The first-order valence-corrected chi connectivity index (χ1v) is 12.1. The van der Waals surface area contributed by atoms with Crippen LogP contribution in [-0.2, 0) is 14.8 Å². The largest absolute Gasteiger partial charge is 0.496 e. The summed E-state index contributed by atoms with van der Waals surface area (Å²) in [5, 5.41) is 0. The summed E-state index contributed by atoms with van der Waals surface area (Å²) in [5.41, 5.74) is 0.656. The summed E-state index contributed by atoms with van der Waals surface area (Å²) < 4.78 is 38.8. The van der Waals surface area contributed by atoms with Crippen molar-refractivity contribution in [1.29, 1.82) is 0 Å². The standard InChI is InChI=1S/C23H28N2O6S/c1-3-31-23(27)17-9-8-10-18(15-17)24-32(28,29)19-11-12-21(30-2)20(16-19)22(26)25-13-6-4-5-7-14-25/h8-12,15-16,24H,3-7,13-14H2,1-2H3. The van der Waals surface area contributed by atoms with Crippen LogP contribution in [-0.4, -0.2) is 52.0 Å². The van der Waals surface area contributed by atoms with Crippen LogP contribution in [0.25, 0.3) is 0 Å². The molecular formula is C23H28N2O6S. The highest BCUT2D eigenvalue weighted by molar-refractivity contribution is 7.92. The minimum Gasteiger partial charge on any atom is -0.496 e. The SMILES string of the molecule is CCOC(=O)c1cccc(NS(=O)(=O)c2ccc(OC)c(C(=O)N3CCCCCC3)c2)c1. The van der Waals surface area contributed by atoms with Gasteiger partial charge in [-0.25, -0.2) is 13.2 Å². The van der Waals surface area contributed by atoms with Gasteiger partial charge in [-0.05, 0) is 56.2 Å². The average Bonchev–Trinajstić information content (AvgIpc) is 3.08. The van der Waals surface area contributed by atoms with Gasteiger partial charge in [0.25, 0.3) is 15.9 Å². The summed E-state index contributed by atoms with van der Waals surface area (Å²) in [6.45, 7) is 3.18. The first-order valence-electron chi connectivity index (χ1n) is 10.6. The molecule has 0 aromatic heterocycles. The second-order valence-corrected chi connectivity index (χ2v) is 9.16.